The monoisotopic (exact) mass is 294 g/mol. The van der Waals surface area contributed by atoms with Gasteiger partial charge in [-0.05, 0) is 30.1 Å². The van der Waals surface area contributed by atoms with E-state index in [9.17, 15) is 9.59 Å². The standard InChI is InChI=1S/C17H26O4/c1-5-9-20-15(18)13-11-7-8-12(17(11,3)4)14(13)16(19)21-10-6-2/h7-8,11-14H,5-6,9-10H2,1-4H3. The van der Waals surface area contributed by atoms with Gasteiger partial charge in [0.1, 0.15) is 0 Å². The van der Waals surface area contributed by atoms with E-state index in [0.717, 1.165) is 12.8 Å². The van der Waals surface area contributed by atoms with Crippen LogP contribution in [0.4, 0.5) is 0 Å². The Hall–Kier alpha value is -1.32. The molecule has 4 atom stereocenters. The third-order valence-corrected chi connectivity index (χ3v) is 4.85. The molecule has 0 amide bonds. The highest BCUT2D eigenvalue weighted by Crippen LogP contribution is 2.60. The van der Waals surface area contributed by atoms with Crippen molar-refractivity contribution in [3.63, 3.8) is 0 Å². The maximum Gasteiger partial charge on any atom is 0.310 e. The van der Waals surface area contributed by atoms with Crippen molar-refractivity contribution >= 4 is 11.9 Å². The van der Waals surface area contributed by atoms with Crippen molar-refractivity contribution in [2.24, 2.45) is 29.1 Å². The highest BCUT2D eigenvalue weighted by molar-refractivity contribution is 5.85. The normalized spacial score (nSPS) is 32.2. The van der Waals surface area contributed by atoms with Crippen LogP contribution in [0.15, 0.2) is 12.2 Å². The van der Waals surface area contributed by atoms with Gasteiger partial charge in [-0.1, -0.05) is 39.8 Å². The molecular weight excluding hydrogens is 268 g/mol. The summed E-state index contributed by atoms with van der Waals surface area (Å²) in [5.41, 5.74) is -0.0915. The van der Waals surface area contributed by atoms with Gasteiger partial charge in [0, 0.05) is 0 Å². The van der Waals surface area contributed by atoms with Crippen LogP contribution < -0.4 is 0 Å². The van der Waals surface area contributed by atoms with Crippen molar-refractivity contribution in [2.45, 2.75) is 40.5 Å². The first-order valence-electron chi connectivity index (χ1n) is 7.96. The van der Waals surface area contributed by atoms with Gasteiger partial charge in [-0.15, -0.1) is 0 Å². The molecule has 0 aromatic rings. The van der Waals surface area contributed by atoms with E-state index in [4.69, 9.17) is 9.47 Å². The van der Waals surface area contributed by atoms with Gasteiger partial charge in [0.05, 0.1) is 25.0 Å². The molecule has 2 aliphatic rings. The van der Waals surface area contributed by atoms with Crippen LogP contribution in [0.3, 0.4) is 0 Å². The van der Waals surface area contributed by atoms with E-state index in [-0.39, 0.29) is 29.2 Å². The minimum atomic E-state index is -0.397. The van der Waals surface area contributed by atoms with Gasteiger partial charge in [0.25, 0.3) is 0 Å². The molecule has 0 saturated heterocycles. The number of ether oxygens (including phenoxy) is 2. The van der Waals surface area contributed by atoms with Crippen molar-refractivity contribution in [1.29, 1.82) is 0 Å². The first kappa shape index (κ1) is 16.1. The van der Waals surface area contributed by atoms with Crippen LogP contribution in [0.1, 0.15) is 40.5 Å². The van der Waals surface area contributed by atoms with Gasteiger partial charge >= 0.3 is 11.9 Å². The molecule has 2 bridgehead atoms. The molecule has 0 aliphatic heterocycles. The molecule has 2 aliphatic carbocycles. The molecule has 0 spiro atoms. The Balaban J connectivity index is 2.21. The molecule has 0 aromatic heterocycles. The first-order chi connectivity index (χ1) is 9.95. The number of hydrogen-bond acceptors (Lipinski definition) is 4. The Morgan fingerprint density at radius 1 is 0.905 bits per heavy atom. The second-order valence-electron chi connectivity index (χ2n) is 6.64. The zero-order valence-corrected chi connectivity index (χ0v) is 13.4. The van der Waals surface area contributed by atoms with E-state index in [0.29, 0.717) is 13.2 Å². The van der Waals surface area contributed by atoms with Crippen molar-refractivity contribution < 1.29 is 19.1 Å². The molecule has 0 aromatic carbocycles. The predicted octanol–water partition coefficient (Wildman–Crippen LogP) is 2.97. The Bertz CT molecular complexity index is 400. The molecule has 0 heterocycles. The summed E-state index contributed by atoms with van der Waals surface area (Å²) in [6, 6.07) is 0. The van der Waals surface area contributed by atoms with Gasteiger partial charge in [-0.2, -0.15) is 0 Å². The summed E-state index contributed by atoms with van der Waals surface area (Å²) >= 11 is 0. The third-order valence-electron chi connectivity index (χ3n) is 4.85. The number of hydrogen-bond donors (Lipinski definition) is 0. The molecule has 2 rings (SSSR count). The van der Waals surface area contributed by atoms with Crippen LogP contribution >= 0.6 is 0 Å². The van der Waals surface area contributed by atoms with Crippen LogP contribution in [-0.2, 0) is 19.1 Å². The molecule has 1 saturated carbocycles. The average Bonchev–Trinajstić information content (AvgIpc) is 2.88. The molecule has 4 nitrogen and oxygen atoms in total. The smallest absolute Gasteiger partial charge is 0.310 e. The number of fused-ring (bicyclic) bond motifs is 2. The maximum absolute atomic E-state index is 12.4. The minimum Gasteiger partial charge on any atom is -0.465 e. The van der Waals surface area contributed by atoms with E-state index in [1.54, 1.807) is 0 Å². The molecule has 4 unspecified atom stereocenters. The Morgan fingerprint density at radius 3 is 1.62 bits per heavy atom. The number of allylic oxidation sites excluding steroid dienone is 2. The van der Waals surface area contributed by atoms with Gasteiger partial charge in [-0.25, -0.2) is 0 Å². The lowest BCUT2D eigenvalue weighted by molar-refractivity contribution is -0.161. The van der Waals surface area contributed by atoms with Crippen LogP contribution in [0.2, 0.25) is 0 Å². The first-order valence-corrected chi connectivity index (χ1v) is 7.96. The topological polar surface area (TPSA) is 52.6 Å². The predicted molar refractivity (Wildman–Crippen MR) is 79.4 cm³/mol. The fraction of sp³-hybridized carbons (Fsp3) is 0.765. The quantitative estimate of drug-likeness (QED) is 0.558. The lowest BCUT2D eigenvalue weighted by Crippen LogP contribution is -2.35. The zero-order valence-electron chi connectivity index (χ0n) is 13.4. The number of carbonyl (C=O) groups is 2. The summed E-state index contributed by atoms with van der Waals surface area (Å²) in [4.78, 5) is 24.8. The van der Waals surface area contributed by atoms with E-state index >= 15 is 0 Å². The summed E-state index contributed by atoms with van der Waals surface area (Å²) in [6.45, 7) is 8.99. The lowest BCUT2D eigenvalue weighted by Gasteiger charge is -2.25. The third kappa shape index (κ3) is 2.72. The maximum atomic E-state index is 12.4. The molecule has 21 heavy (non-hydrogen) atoms. The largest absolute Gasteiger partial charge is 0.465 e. The van der Waals surface area contributed by atoms with E-state index < -0.39 is 11.8 Å². The van der Waals surface area contributed by atoms with Crippen molar-refractivity contribution in [3.05, 3.63) is 12.2 Å². The molecule has 0 radical (unpaired) electrons. The summed E-state index contributed by atoms with van der Waals surface area (Å²) < 4.78 is 10.7. The number of carbonyl (C=O) groups excluding carboxylic acids is 2. The summed E-state index contributed by atoms with van der Waals surface area (Å²) in [7, 11) is 0. The average molecular weight is 294 g/mol. The second-order valence-corrected chi connectivity index (χ2v) is 6.64. The van der Waals surface area contributed by atoms with E-state index in [2.05, 4.69) is 26.0 Å². The van der Waals surface area contributed by atoms with Crippen LogP contribution in [0.25, 0.3) is 0 Å². The fourth-order valence-corrected chi connectivity index (χ4v) is 3.75. The molecule has 4 heteroatoms. The van der Waals surface area contributed by atoms with E-state index in [1.165, 1.54) is 0 Å². The molecule has 1 fully saturated rings. The molecule has 0 N–H and O–H groups in total. The lowest BCUT2D eigenvalue weighted by atomic mass is 9.79. The van der Waals surface area contributed by atoms with Crippen molar-refractivity contribution in [2.75, 3.05) is 13.2 Å². The molecule has 118 valence electrons. The SMILES string of the molecule is CCCOC(=O)C1C(C(=O)OCCC)C2C=CC1C2(C)C. The number of rotatable bonds is 6. The number of esters is 2. The Kier molecular flexibility index (Phi) is 4.74. The molecular formula is C17H26O4. The van der Waals surface area contributed by atoms with Crippen molar-refractivity contribution in [3.8, 4) is 0 Å². The Labute approximate surface area is 126 Å². The van der Waals surface area contributed by atoms with Crippen LogP contribution in [0, 0.1) is 29.1 Å². The fourth-order valence-electron chi connectivity index (χ4n) is 3.75. The van der Waals surface area contributed by atoms with E-state index in [1.807, 2.05) is 13.8 Å². The van der Waals surface area contributed by atoms with Gasteiger partial charge < -0.3 is 9.47 Å². The van der Waals surface area contributed by atoms with Gasteiger partial charge in [0.2, 0.25) is 0 Å². The summed E-state index contributed by atoms with van der Waals surface area (Å²) in [6.07, 6.45) is 5.73. The Morgan fingerprint density at radius 2 is 1.29 bits per heavy atom. The van der Waals surface area contributed by atoms with Gasteiger partial charge in [-0.3, -0.25) is 9.59 Å². The van der Waals surface area contributed by atoms with Crippen LogP contribution in [-0.4, -0.2) is 25.2 Å². The van der Waals surface area contributed by atoms with Crippen LogP contribution in [0.5, 0.6) is 0 Å². The minimum absolute atomic E-state index is 0.0611. The highest BCUT2D eigenvalue weighted by atomic mass is 16.5. The van der Waals surface area contributed by atoms with Gasteiger partial charge in [0.15, 0.2) is 0 Å². The summed E-state index contributed by atoms with van der Waals surface area (Å²) in [5.74, 6) is -1.17. The summed E-state index contributed by atoms with van der Waals surface area (Å²) in [5, 5.41) is 0. The second kappa shape index (κ2) is 6.20. The highest BCUT2D eigenvalue weighted by Gasteiger charge is 2.62. The van der Waals surface area contributed by atoms with Crippen molar-refractivity contribution in [1.82, 2.24) is 0 Å². The zero-order chi connectivity index (χ0) is 15.6.